The molecule has 0 radical (unpaired) electrons. The minimum atomic E-state index is -3.59. The molecule has 13 heteroatoms. The molecule has 3 heterocycles. The Morgan fingerprint density at radius 2 is 1.97 bits per heavy atom. The van der Waals surface area contributed by atoms with Crippen molar-refractivity contribution in [2.45, 2.75) is 24.3 Å². The second-order valence-corrected chi connectivity index (χ2v) is 11.0. The number of nitrogens with one attached hydrogen (secondary N) is 1. The number of aryl methyl sites for hydroxylation is 1. The minimum Gasteiger partial charge on any atom is -0.488 e. The van der Waals surface area contributed by atoms with Gasteiger partial charge in [-0.2, -0.15) is 9.40 Å². The van der Waals surface area contributed by atoms with Crippen molar-refractivity contribution in [2.24, 2.45) is 7.05 Å². The fourth-order valence-electron chi connectivity index (χ4n) is 3.41. The number of benzene rings is 1. The molecule has 1 saturated heterocycles. The van der Waals surface area contributed by atoms with E-state index in [-0.39, 0.29) is 28.2 Å². The summed E-state index contributed by atoms with van der Waals surface area (Å²) in [6.07, 6.45) is 3.52. The second-order valence-electron chi connectivity index (χ2n) is 8.22. The van der Waals surface area contributed by atoms with Crippen molar-refractivity contribution in [1.82, 2.24) is 19.1 Å². The molecule has 1 fully saturated rings. The highest BCUT2D eigenvalue weighted by Crippen LogP contribution is 2.33. The Balaban J connectivity index is 1.60. The number of aromatic nitrogens is 3. The van der Waals surface area contributed by atoms with Gasteiger partial charge in [-0.15, -0.1) is 0 Å². The van der Waals surface area contributed by atoms with Crippen molar-refractivity contribution in [3.8, 4) is 17.4 Å². The number of methoxy groups -OCH3 is 1. The zero-order valence-electron chi connectivity index (χ0n) is 20.0. The number of carbonyl (C=O) groups is 1. The van der Waals surface area contributed by atoms with Gasteiger partial charge in [-0.1, -0.05) is 0 Å². The van der Waals surface area contributed by atoms with Crippen LogP contribution in [0.2, 0.25) is 0 Å². The van der Waals surface area contributed by atoms with Gasteiger partial charge in [-0.3, -0.25) is 9.48 Å². The first kappa shape index (κ1) is 26.1. The first-order chi connectivity index (χ1) is 17.2. The molecule has 3 aromatic rings. The van der Waals surface area contributed by atoms with Crippen molar-refractivity contribution in [3.05, 3.63) is 52.8 Å². The number of anilines is 1. The Labute approximate surface area is 217 Å². The highest BCUT2D eigenvalue weighted by atomic mass is 79.9. The summed E-state index contributed by atoms with van der Waals surface area (Å²) in [7, 11) is -0.275. The fraction of sp³-hybridized carbons (Fsp3) is 0.348. The Hall–Kier alpha value is -3.00. The average Bonchev–Trinajstić information content (AvgIpc) is 3.18. The first-order valence-electron chi connectivity index (χ1n) is 11.1. The van der Waals surface area contributed by atoms with Crippen LogP contribution in [0.5, 0.6) is 17.4 Å². The van der Waals surface area contributed by atoms with Gasteiger partial charge in [0.15, 0.2) is 5.82 Å². The normalized spacial score (nSPS) is 14.7. The maximum absolute atomic E-state index is 12.9. The molecule has 1 aliphatic rings. The Bertz CT molecular complexity index is 1360. The topological polar surface area (TPSA) is 125 Å². The smallest absolute Gasteiger partial charge is 0.257 e. The molecular weight excluding hydrogens is 554 g/mol. The SMILES string of the molecule is COCC(C)Oc1cc(Oc2ncc(S(=O)(=O)N3CCC3)cc2Br)cc(C(=O)Nc2ccn(C)n2)c1. The molecule has 1 amide bonds. The first-order valence-corrected chi connectivity index (χ1v) is 13.3. The number of sulfonamides is 1. The Morgan fingerprint density at radius 1 is 1.22 bits per heavy atom. The number of hydrogen-bond acceptors (Lipinski definition) is 8. The summed E-state index contributed by atoms with van der Waals surface area (Å²) in [6.45, 7) is 3.17. The number of pyridine rings is 1. The van der Waals surface area contributed by atoms with Gasteiger partial charge in [0.2, 0.25) is 15.9 Å². The molecule has 36 heavy (non-hydrogen) atoms. The summed E-state index contributed by atoms with van der Waals surface area (Å²) >= 11 is 3.35. The maximum atomic E-state index is 12.9. The van der Waals surface area contributed by atoms with Gasteiger partial charge in [-0.05, 0) is 47.5 Å². The molecule has 11 nitrogen and oxygen atoms in total. The van der Waals surface area contributed by atoms with Crippen molar-refractivity contribution in [2.75, 3.05) is 32.1 Å². The van der Waals surface area contributed by atoms with Crippen molar-refractivity contribution >= 4 is 37.7 Å². The number of carbonyl (C=O) groups excluding carboxylic acids is 1. The number of halogens is 1. The zero-order chi connectivity index (χ0) is 25.9. The standard InChI is InChI=1S/C23H26BrN5O6S/c1-15(14-33-3)34-17-9-16(22(30)26-21-5-8-28(2)27-21)10-18(11-17)35-23-20(24)12-19(13-25-23)36(31,32)29-6-4-7-29/h5,8-13,15H,4,6-7,14H2,1-3H3,(H,26,27,30). The lowest BCUT2D eigenvalue weighted by Gasteiger charge is -2.29. The number of rotatable bonds is 10. The summed E-state index contributed by atoms with van der Waals surface area (Å²) in [4.78, 5) is 17.2. The van der Waals surface area contributed by atoms with E-state index in [1.807, 2.05) is 6.92 Å². The highest BCUT2D eigenvalue weighted by molar-refractivity contribution is 9.10. The summed E-state index contributed by atoms with van der Waals surface area (Å²) in [5, 5.41) is 6.89. The second kappa shape index (κ2) is 10.9. The molecule has 0 saturated carbocycles. The van der Waals surface area contributed by atoms with E-state index in [0.717, 1.165) is 6.42 Å². The number of hydrogen-bond donors (Lipinski definition) is 1. The predicted octanol–water partition coefficient (Wildman–Crippen LogP) is 3.43. The monoisotopic (exact) mass is 579 g/mol. The van der Waals surface area contributed by atoms with Gasteiger partial charge in [0.25, 0.3) is 5.91 Å². The van der Waals surface area contributed by atoms with E-state index in [2.05, 4.69) is 31.3 Å². The minimum absolute atomic E-state index is 0.0716. The van der Waals surface area contributed by atoms with Crippen LogP contribution in [0.15, 0.2) is 52.1 Å². The summed E-state index contributed by atoms with van der Waals surface area (Å²) < 4.78 is 45.6. The fourth-order valence-corrected chi connectivity index (χ4v) is 5.48. The van der Waals surface area contributed by atoms with Crippen LogP contribution in [0.3, 0.4) is 0 Å². The molecule has 1 aromatic carbocycles. The van der Waals surface area contributed by atoms with Crippen LogP contribution >= 0.6 is 15.9 Å². The molecule has 192 valence electrons. The third kappa shape index (κ3) is 6.03. The zero-order valence-corrected chi connectivity index (χ0v) is 22.4. The quantitative estimate of drug-likeness (QED) is 0.387. The van der Waals surface area contributed by atoms with E-state index in [4.69, 9.17) is 14.2 Å². The van der Waals surface area contributed by atoms with E-state index >= 15 is 0 Å². The van der Waals surface area contributed by atoms with Gasteiger partial charge >= 0.3 is 0 Å². The average molecular weight is 580 g/mol. The summed E-state index contributed by atoms with van der Waals surface area (Å²) in [5.41, 5.74) is 0.269. The number of amides is 1. The van der Waals surface area contributed by atoms with E-state index < -0.39 is 15.9 Å². The molecule has 1 unspecified atom stereocenters. The van der Waals surface area contributed by atoms with Crippen molar-refractivity contribution in [3.63, 3.8) is 0 Å². The van der Waals surface area contributed by atoms with Crippen LogP contribution in [-0.2, 0) is 21.8 Å². The van der Waals surface area contributed by atoms with Crippen LogP contribution in [0.25, 0.3) is 0 Å². The molecule has 1 N–H and O–H groups in total. The third-order valence-electron chi connectivity index (χ3n) is 5.29. The predicted molar refractivity (Wildman–Crippen MR) is 135 cm³/mol. The van der Waals surface area contributed by atoms with Gasteiger partial charge < -0.3 is 19.5 Å². The molecule has 0 bridgehead atoms. The van der Waals surface area contributed by atoms with Crippen molar-refractivity contribution < 1.29 is 27.4 Å². The largest absolute Gasteiger partial charge is 0.488 e. The van der Waals surface area contributed by atoms with Gasteiger partial charge in [-0.25, -0.2) is 13.4 Å². The summed E-state index contributed by atoms with van der Waals surface area (Å²) in [6, 6.07) is 7.86. The van der Waals surface area contributed by atoms with E-state index in [1.54, 1.807) is 43.2 Å². The van der Waals surface area contributed by atoms with E-state index in [1.165, 1.54) is 22.6 Å². The van der Waals surface area contributed by atoms with Crippen LogP contribution < -0.4 is 14.8 Å². The summed E-state index contributed by atoms with van der Waals surface area (Å²) in [5.74, 6) is 0.778. The molecule has 0 spiro atoms. The molecule has 1 atom stereocenters. The van der Waals surface area contributed by atoms with Gasteiger partial charge in [0.1, 0.15) is 22.5 Å². The lowest BCUT2D eigenvalue weighted by molar-refractivity contribution is 0.0915. The molecule has 2 aromatic heterocycles. The maximum Gasteiger partial charge on any atom is 0.257 e. The Kier molecular flexibility index (Phi) is 7.93. The van der Waals surface area contributed by atoms with E-state index in [9.17, 15) is 13.2 Å². The van der Waals surface area contributed by atoms with Crippen LogP contribution in [0.1, 0.15) is 23.7 Å². The molecular formula is C23H26BrN5O6S. The molecule has 0 aliphatic carbocycles. The van der Waals surface area contributed by atoms with E-state index in [0.29, 0.717) is 35.7 Å². The number of ether oxygens (including phenoxy) is 3. The lowest BCUT2D eigenvalue weighted by Crippen LogP contribution is -2.41. The van der Waals surface area contributed by atoms with Crippen LogP contribution in [-0.4, -0.2) is 66.3 Å². The van der Waals surface area contributed by atoms with Crippen LogP contribution in [0, 0.1) is 0 Å². The highest BCUT2D eigenvalue weighted by Gasteiger charge is 2.30. The number of nitrogens with zero attached hydrogens (tertiary/aromatic N) is 4. The molecule has 4 rings (SSSR count). The Morgan fingerprint density at radius 3 is 2.58 bits per heavy atom. The third-order valence-corrected chi connectivity index (χ3v) is 7.72. The van der Waals surface area contributed by atoms with Crippen LogP contribution in [0.4, 0.5) is 5.82 Å². The lowest BCUT2D eigenvalue weighted by atomic mass is 10.2. The van der Waals surface area contributed by atoms with Gasteiger partial charge in [0.05, 0.1) is 17.3 Å². The van der Waals surface area contributed by atoms with Gasteiger partial charge in [0, 0.05) is 51.1 Å². The molecule has 1 aliphatic heterocycles. The van der Waals surface area contributed by atoms with Crippen molar-refractivity contribution in [1.29, 1.82) is 0 Å².